The number of rotatable bonds is 1. The molecule has 1 heterocycles. The summed E-state index contributed by atoms with van der Waals surface area (Å²) in [6.07, 6.45) is 2.48. The van der Waals surface area contributed by atoms with Gasteiger partial charge in [-0.2, -0.15) is 0 Å². The Morgan fingerprint density at radius 2 is 2.08 bits per heavy atom. The Labute approximate surface area is 81.1 Å². The van der Waals surface area contributed by atoms with Crippen molar-refractivity contribution in [3.05, 3.63) is 11.4 Å². The van der Waals surface area contributed by atoms with E-state index >= 15 is 0 Å². The standard InChI is InChI=1S/C11H19NO/c1-11(2,3)9-5-6-10(7-12-4)13-8-9/h9-10H,5-8H2,1-3H3. The van der Waals surface area contributed by atoms with Crippen molar-refractivity contribution in [1.29, 1.82) is 0 Å². The van der Waals surface area contributed by atoms with Crippen molar-refractivity contribution < 1.29 is 4.74 Å². The van der Waals surface area contributed by atoms with Gasteiger partial charge in [0.25, 0.3) is 0 Å². The van der Waals surface area contributed by atoms with E-state index in [1.54, 1.807) is 0 Å². The monoisotopic (exact) mass is 181 g/mol. The van der Waals surface area contributed by atoms with Crippen molar-refractivity contribution in [3.63, 3.8) is 0 Å². The third-order valence-corrected chi connectivity index (χ3v) is 2.89. The molecule has 1 saturated heterocycles. The molecule has 0 aromatic rings. The average Bonchev–Trinajstić information content (AvgIpc) is 2.04. The van der Waals surface area contributed by atoms with E-state index in [0.717, 1.165) is 13.0 Å². The van der Waals surface area contributed by atoms with Crippen LogP contribution < -0.4 is 0 Å². The van der Waals surface area contributed by atoms with Crippen LogP contribution in [0.3, 0.4) is 0 Å². The smallest absolute Gasteiger partial charge is 0.240 e. The molecule has 0 amide bonds. The van der Waals surface area contributed by atoms with E-state index in [1.807, 2.05) is 0 Å². The number of hydrogen-bond donors (Lipinski definition) is 0. The van der Waals surface area contributed by atoms with E-state index in [1.165, 1.54) is 6.42 Å². The van der Waals surface area contributed by atoms with Crippen molar-refractivity contribution in [2.45, 2.75) is 39.7 Å². The Hall–Kier alpha value is -0.550. The van der Waals surface area contributed by atoms with Gasteiger partial charge in [-0.25, -0.2) is 6.57 Å². The zero-order valence-corrected chi connectivity index (χ0v) is 8.84. The summed E-state index contributed by atoms with van der Waals surface area (Å²) in [5, 5.41) is 0. The zero-order chi connectivity index (χ0) is 9.90. The molecular weight excluding hydrogens is 162 g/mol. The van der Waals surface area contributed by atoms with Crippen LogP contribution in [0.5, 0.6) is 0 Å². The predicted molar refractivity (Wildman–Crippen MR) is 53.4 cm³/mol. The minimum absolute atomic E-state index is 0.205. The summed E-state index contributed by atoms with van der Waals surface area (Å²) in [5.41, 5.74) is 0.350. The average molecular weight is 181 g/mol. The van der Waals surface area contributed by atoms with Crippen molar-refractivity contribution in [2.24, 2.45) is 11.3 Å². The molecule has 13 heavy (non-hydrogen) atoms. The third-order valence-electron chi connectivity index (χ3n) is 2.89. The second-order valence-corrected chi connectivity index (χ2v) is 4.94. The Bertz CT molecular complexity index is 191. The molecule has 1 aliphatic rings. The predicted octanol–water partition coefficient (Wildman–Crippen LogP) is 2.75. The van der Waals surface area contributed by atoms with E-state index in [4.69, 9.17) is 11.3 Å². The lowest BCUT2D eigenvalue weighted by molar-refractivity contribution is -0.0381. The van der Waals surface area contributed by atoms with Crippen LogP contribution in [0.1, 0.15) is 33.6 Å². The fourth-order valence-corrected chi connectivity index (χ4v) is 1.73. The topological polar surface area (TPSA) is 13.6 Å². The third kappa shape index (κ3) is 3.00. The molecule has 0 N–H and O–H groups in total. The van der Waals surface area contributed by atoms with Crippen LogP contribution in [0.4, 0.5) is 0 Å². The highest BCUT2D eigenvalue weighted by Gasteiger charge is 2.31. The molecule has 1 aliphatic heterocycles. The first kappa shape index (κ1) is 10.5. The number of nitrogens with zero attached hydrogens (tertiary/aromatic N) is 1. The highest BCUT2D eigenvalue weighted by Crippen LogP contribution is 2.33. The first-order chi connectivity index (χ1) is 6.04. The summed E-state index contributed by atoms with van der Waals surface area (Å²) < 4.78 is 5.64. The molecule has 2 nitrogen and oxygen atoms in total. The van der Waals surface area contributed by atoms with Crippen LogP contribution in [-0.2, 0) is 4.74 Å². The summed E-state index contributed by atoms with van der Waals surface area (Å²) in [7, 11) is 0. The Kier molecular flexibility index (Phi) is 3.33. The van der Waals surface area contributed by atoms with Gasteiger partial charge < -0.3 is 9.58 Å². The van der Waals surface area contributed by atoms with Gasteiger partial charge >= 0.3 is 0 Å². The van der Waals surface area contributed by atoms with E-state index in [9.17, 15) is 0 Å². The minimum atomic E-state index is 0.205. The van der Waals surface area contributed by atoms with Crippen LogP contribution in [-0.4, -0.2) is 19.3 Å². The van der Waals surface area contributed by atoms with Crippen LogP contribution in [0, 0.1) is 17.9 Å². The van der Waals surface area contributed by atoms with Crippen molar-refractivity contribution >= 4 is 0 Å². The van der Waals surface area contributed by atoms with Crippen molar-refractivity contribution in [2.75, 3.05) is 13.2 Å². The van der Waals surface area contributed by atoms with Crippen LogP contribution in [0.2, 0.25) is 0 Å². The minimum Gasteiger partial charge on any atom is -0.370 e. The molecule has 74 valence electrons. The summed E-state index contributed by atoms with van der Waals surface area (Å²) in [4.78, 5) is 3.37. The summed E-state index contributed by atoms with van der Waals surface area (Å²) in [6, 6.07) is 0. The molecule has 0 radical (unpaired) electrons. The number of ether oxygens (including phenoxy) is 1. The summed E-state index contributed by atoms with van der Waals surface area (Å²) >= 11 is 0. The van der Waals surface area contributed by atoms with E-state index in [-0.39, 0.29) is 6.10 Å². The van der Waals surface area contributed by atoms with Gasteiger partial charge in [0.2, 0.25) is 6.54 Å². The molecule has 1 rings (SSSR count). The second-order valence-electron chi connectivity index (χ2n) is 4.94. The molecule has 0 aromatic heterocycles. The molecule has 0 bridgehead atoms. The molecular formula is C11H19NO. The molecule has 2 atom stereocenters. The van der Waals surface area contributed by atoms with Crippen molar-refractivity contribution in [1.82, 2.24) is 0 Å². The highest BCUT2D eigenvalue weighted by atomic mass is 16.5. The maximum atomic E-state index is 6.76. The fourth-order valence-electron chi connectivity index (χ4n) is 1.73. The quantitative estimate of drug-likeness (QED) is 0.567. The molecule has 0 aliphatic carbocycles. The second kappa shape index (κ2) is 4.11. The van der Waals surface area contributed by atoms with Gasteiger partial charge in [0.1, 0.15) is 6.10 Å². The lowest BCUT2D eigenvalue weighted by Crippen LogP contribution is -2.34. The molecule has 1 fully saturated rings. The zero-order valence-electron chi connectivity index (χ0n) is 8.84. The Balaban J connectivity index is 2.36. The first-order valence-corrected chi connectivity index (χ1v) is 4.99. The SMILES string of the molecule is [C-]#[N+]CC1CCC(C(C)(C)C)CO1. The van der Waals surface area contributed by atoms with E-state index in [2.05, 4.69) is 25.6 Å². The lowest BCUT2D eigenvalue weighted by Gasteiger charge is -2.35. The normalized spacial score (nSPS) is 29.7. The maximum absolute atomic E-state index is 6.76. The largest absolute Gasteiger partial charge is 0.370 e. The van der Waals surface area contributed by atoms with Crippen LogP contribution >= 0.6 is 0 Å². The molecule has 2 heteroatoms. The van der Waals surface area contributed by atoms with Gasteiger partial charge in [0.15, 0.2) is 0 Å². The summed E-state index contributed by atoms with van der Waals surface area (Å²) in [5.74, 6) is 0.662. The fraction of sp³-hybridized carbons (Fsp3) is 0.909. The van der Waals surface area contributed by atoms with E-state index < -0.39 is 0 Å². The van der Waals surface area contributed by atoms with Crippen molar-refractivity contribution in [3.8, 4) is 0 Å². The molecule has 2 unspecified atom stereocenters. The lowest BCUT2D eigenvalue weighted by atomic mass is 9.77. The van der Waals surface area contributed by atoms with Gasteiger partial charge in [-0.1, -0.05) is 20.8 Å². The number of hydrogen-bond acceptors (Lipinski definition) is 1. The van der Waals surface area contributed by atoms with Gasteiger partial charge in [-0.05, 0) is 24.2 Å². The molecule has 0 saturated carbocycles. The van der Waals surface area contributed by atoms with Crippen LogP contribution in [0.25, 0.3) is 4.85 Å². The van der Waals surface area contributed by atoms with Gasteiger partial charge in [0, 0.05) is 0 Å². The Morgan fingerprint density at radius 3 is 2.46 bits per heavy atom. The molecule has 0 aromatic carbocycles. The maximum Gasteiger partial charge on any atom is 0.240 e. The van der Waals surface area contributed by atoms with Gasteiger partial charge in [0.05, 0.1) is 6.61 Å². The van der Waals surface area contributed by atoms with Gasteiger partial charge in [-0.15, -0.1) is 0 Å². The summed E-state index contributed by atoms with van der Waals surface area (Å²) in [6.45, 7) is 14.9. The van der Waals surface area contributed by atoms with Gasteiger partial charge in [-0.3, -0.25) is 0 Å². The Morgan fingerprint density at radius 1 is 1.38 bits per heavy atom. The van der Waals surface area contributed by atoms with Crippen LogP contribution in [0.15, 0.2) is 0 Å². The first-order valence-electron chi connectivity index (χ1n) is 4.99. The van der Waals surface area contributed by atoms with E-state index in [0.29, 0.717) is 17.9 Å². The molecule has 0 spiro atoms. The highest BCUT2D eigenvalue weighted by molar-refractivity contribution is 4.81.